The van der Waals surface area contributed by atoms with E-state index in [2.05, 4.69) is 54.8 Å². The molecule has 3 aromatic heterocycles. The molecule has 0 radical (unpaired) electrons. The Morgan fingerprint density at radius 3 is 1.50 bits per heavy atom. The lowest BCUT2D eigenvalue weighted by molar-refractivity contribution is 0.253. The third-order valence-corrected chi connectivity index (χ3v) is 4.83. The van der Waals surface area contributed by atoms with Crippen LogP contribution in [0.4, 0.5) is 0 Å². The molecule has 0 aliphatic heterocycles. The van der Waals surface area contributed by atoms with Gasteiger partial charge in [-0.2, -0.15) is 0 Å². The summed E-state index contributed by atoms with van der Waals surface area (Å²) in [6.07, 6.45) is 7.75. The summed E-state index contributed by atoms with van der Waals surface area (Å²) in [4.78, 5) is 15.7. The fourth-order valence-electron chi connectivity index (χ4n) is 3.28. The molecule has 0 bridgehead atoms. The number of aromatic nitrogens is 3. The molecule has 6 heteroatoms. The zero-order chi connectivity index (χ0) is 20.7. The van der Waals surface area contributed by atoms with E-state index in [1.807, 2.05) is 48.9 Å². The van der Waals surface area contributed by atoms with Gasteiger partial charge in [-0.1, -0.05) is 18.2 Å². The molecule has 0 aromatic carbocycles. The van der Waals surface area contributed by atoms with E-state index in [-0.39, 0.29) is 0 Å². The largest absolute Gasteiger partial charge is 0.311 e. The minimum atomic E-state index is 0.818. The van der Waals surface area contributed by atoms with Gasteiger partial charge >= 0.3 is 0 Å². The van der Waals surface area contributed by atoms with E-state index >= 15 is 0 Å². The Labute approximate surface area is 179 Å². The van der Waals surface area contributed by atoms with Crippen molar-refractivity contribution in [3.05, 3.63) is 90.3 Å². The zero-order valence-corrected chi connectivity index (χ0v) is 17.6. The highest BCUT2D eigenvalue weighted by Gasteiger charge is 2.07. The van der Waals surface area contributed by atoms with Gasteiger partial charge in [0, 0.05) is 38.2 Å². The van der Waals surface area contributed by atoms with Crippen LogP contribution in [0.5, 0.6) is 0 Å². The van der Waals surface area contributed by atoms with Crippen molar-refractivity contribution < 1.29 is 0 Å². The van der Waals surface area contributed by atoms with E-state index in [1.165, 1.54) is 0 Å². The van der Waals surface area contributed by atoms with Crippen LogP contribution in [0.15, 0.2) is 73.2 Å². The Morgan fingerprint density at radius 2 is 1.07 bits per heavy atom. The van der Waals surface area contributed by atoms with Crippen molar-refractivity contribution in [2.45, 2.75) is 32.5 Å². The van der Waals surface area contributed by atoms with Crippen LogP contribution in [0.1, 0.15) is 29.9 Å². The summed E-state index contributed by atoms with van der Waals surface area (Å²) < 4.78 is 0. The smallest absolute Gasteiger partial charge is 0.0543 e. The fraction of sp³-hybridized carbons (Fsp3) is 0.375. The average molecular weight is 405 g/mol. The minimum Gasteiger partial charge on any atom is -0.311 e. The summed E-state index contributed by atoms with van der Waals surface area (Å²) in [5, 5.41) is 6.98. The molecular formula is C24H32N6. The zero-order valence-electron chi connectivity index (χ0n) is 17.6. The highest BCUT2D eigenvalue weighted by atomic mass is 15.1. The predicted molar refractivity (Wildman–Crippen MR) is 121 cm³/mol. The number of nitrogens with zero attached hydrogens (tertiary/aromatic N) is 4. The van der Waals surface area contributed by atoms with Crippen LogP contribution in [0.3, 0.4) is 0 Å². The first-order chi connectivity index (χ1) is 14.9. The Morgan fingerprint density at radius 1 is 0.600 bits per heavy atom. The second kappa shape index (κ2) is 13.5. The molecule has 3 heterocycles. The normalized spacial score (nSPS) is 11.1. The first-order valence-corrected chi connectivity index (χ1v) is 10.7. The van der Waals surface area contributed by atoms with Crippen LogP contribution < -0.4 is 10.6 Å². The Balaban J connectivity index is 1.36. The van der Waals surface area contributed by atoms with Crippen LogP contribution >= 0.6 is 0 Å². The maximum atomic E-state index is 4.50. The standard InChI is InChI=1S/C24H32N6/c1-4-14-27-22(9-1)19-25-12-7-17-30(21-24-11-3-6-16-29-24)18-8-13-26-20-23-10-2-5-15-28-23/h1-6,9-11,14-16,25-26H,7-8,12-13,17-21H2. The van der Waals surface area contributed by atoms with Gasteiger partial charge in [0.15, 0.2) is 0 Å². The Hall–Kier alpha value is -2.67. The van der Waals surface area contributed by atoms with E-state index in [0.29, 0.717) is 0 Å². The molecule has 0 spiro atoms. The molecule has 30 heavy (non-hydrogen) atoms. The second-order valence-electron chi connectivity index (χ2n) is 7.30. The molecule has 0 aliphatic carbocycles. The van der Waals surface area contributed by atoms with Crippen molar-refractivity contribution in [2.24, 2.45) is 0 Å². The number of rotatable bonds is 14. The van der Waals surface area contributed by atoms with E-state index in [9.17, 15) is 0 Å². The van der Waals surface area contributed by atoms with Crippen molar-refractivity contribution in [3.8, 4) is 0 Å². The van der Waals surface area contributed by atoms with Crippen LogP contribution in [0, 0.1) is 0 Å². The van der Waals surface area contributed by atoms with E-state index in [0.717, 1.165) is 75.7 Å². The van der Waals surface area contributed by atoms with Crippen LogP contribution in [0.2, 0.25) is 0 Å². The number of nitrogens with one attached hydrogen (secondary N) is 2. The molecule has 0 amide bonds. The molecule has 0 unspecified atom stereocenters. The maximum absolute atomic E-state index is 4.50. The van der Waals surface area contributed by atoms with Crippen molar-refractivity contribution in [1.82, 2.24) is 30.5 Å². The topological polar surface area (TPSA) is 66.0 Å². The highest BCUT2D eigenvalue weighted by molar-refractivity contribution is 5.04. The predicted octanol–water partition coefficient (Wildman–Crippen LogP) is 3.03. The molecule has 0 saturated carbocycles. The van der Waals surface area contributed by atoms with Crippen molar-refractivity contribution in [3.63, 3.8) is 0 Å². The molecular weight excluding hydrogens is 372 g/mol. The molecule has 3 rings (SSSR count). The molecule has 158 valence electrons. The third kappa shape index (κ3) is 8.78. The summed E-state index contributed by atoms with van der Waals surface area (Å²) in [6, 6.07) is 18.2. The van der Waals surface area contributed by atoms with Crippen LogP contribution in [-0.4, -0.2) is 46.0 Å². The quantitative estimate of drug-likeness (QED) is 0.403. The summed E-state index contributed by atoms with van der Waals surface area (Å²) in [5.74, 6) is 0. The molecule has 0 aliphatic rings. The average Bonchev–Trinajstić information content (AvgIpc) is 2.80. The molecule has 0 saturated heterocycles. The monoisotopic (exact) mass is 404 g/mol. The molecule has 0 fully saturated rings. The SMILES string of the molecule is c1ccc(CNCCCN(CCCNCc2ccccn2)Cc2ccccn2)nc1. The highest BCUT2D eigenvalue weighted by Crippen LogP contribution is 2.03. The van der Waals surface area contributed by atoms with Gasteiger partial charge in [0.05, 0.1) is 17.1 Å². The summed E-state index contributed by atoms with van der Waals surface area (Å²) in [5.41, 5.74) is 3.30. The van der Waals surface area contributed by atoms with Gasteiger partial charge in [0.2, 0.25) is 0 Å². The third-order valence-electron chi connectivity index (χ3n) is 4.83. The van der Waals surface area contributed by atoms with Crippen molar-refractivity contribution >= 4 is 0 Å². The number of pyridine rings is 3. The van der Waals surface area contributed by atoms with Gasteiger partial charge in [-0.05, 0) is 75.4 Å². The van der Waals surface area contributed by atoms with Gasteiger partial charge in [0.1, 0.15) is 0 Å². The van der Waals surface area contributed by atoms with Gasteiger partial charge in [-0.15, -0.1) is 0 Å². The van der Waals surface area contributed by atoms with Crippen LogP contribution in [-0.2, 0) is 19.6 Å². The summed E-state index contributed by atoms with van der Waals surface area (Å²) in [7, 11) is 0. The van der Waals surface area contributed by atoms with Gasteiger partial charge in [-0.3, -0.25) is 19.9 Å². The lowest BCUT2D eigenvalue weighted by Gasteiger charge is -2.22. The lowest BCUT2D eigenvalue weighted by atomic mass is 10.2. The molecule has 2 N–H and O–H groups in total. The molecule has 3 aromatic rings. The fourth-order valence-corrected chi connectivity index (χ4v) is 3.28. The summed E-state index contributed by atoms with van der Waals surface area (Å²) >= 11 is 0. The van der Waals surface area contributed by atoms with Gasteiger partial charge < -0.3 is 10.6 Å². The number of hydrogen-bond acceptors (Lipinski definition) is 6. The first kappa shape index (κ1) is 22.0. The first-order valence-electron chi connectivity index (χ1n) is 10.7. The second-order valence-corrected chi connectivity index (χ2v) is 7.30. The maximum Gasteiger partial charge on any atom is 0.0543 e. The Bertz CT molecular complexity index is 748. The van der Waals surface area contributed by atoms with E-state index in [1.54, 1.807) is 0 Å². The Kier molecular flexibility index (Phi) is 9.94. The van der Waals surface area contributed by atoms with Gasteiger partial charge in [0.25, 0.3) is 0 Å². The molecule has 0 atom stereocenters. The molecule has 6 nitrogen and oxygen atoms in total. The summed E-state index contributed by atoms with van der Waals surface area (Å²) in [6.45, 7) is 6.58. The van der Waals surface area contributed by atoms with Crippen LogP contribution in [0.25, 0.3) is 0 Å². The van der Waals surface area contributed by atoms with E-state index in [4.69, 9.17) is 0 Å². The van der Waals surface area contributed by atoms with E-state index < -0.39 is 0 Å². The minimum absolute atomic E-state index is 0.818. The van der Waals surface area contributed by atoms with Crippen molar-refractivity contribution in [1.29, 1.82) is 0 Å². The van der Waals surface area contributed by atoms with Gasteiger partial charge in [-0.25, -0.2) is 0 Å². The number of hydrogen-bond donors (Lipinski definition) is 2. The lowest BCUT2D eigenvalue weighted by Crippen LogP contribution is -2.30. The van der Waals surface area contributed by atoms with Crippen molar-refractivity contribution in [2.75, 3.05) is 26.2 Å².